The third-order valence-electron chi connectivity index (χ3n) is 2.02. The molecule has 1 aromatic rings. The molecule has 0 radical (unpaired) electrons. The summed E-state index contributed by atoms with van der Waals surface area (Å²) in [6.45, 7) is 2.67. The van der Waals surface area contributed by atoms with Gasteiger partial charge in [-0.15, -0.1) is 0 Å². The monoisotopic (exact) mass is 245 g/mol. The van der Waals surface area contributed by atoms with E-state index in [1.165, 1.54) is 12.1 Å². The first-order chi connectivity index (χ1) is 7.45. The van der Waals surface area contributed by atoms with Crippen molar-refractivity contribution in [2.24, 2.45) is 5.14 Å². The first kappa shape index (κ1) is 13.0. The maximum atomic E-state index is 11.1. The number of ether oxygens (including phenoxy) is 2. The van der Waals surface area contributed by atoms with Gasteiger partial charge in [0.1, 0.15) is 12.4 Å². The molecule has 0 aliphatic rings. The first-order valence-corrected chi connectivity index (χ1v) is 6.25. The maximum Gasteiger partial charge on any atom is 0.238 e. The van der Waals surface area contributed by atoms with Crippen LogP contribution in [0.5, 0.6) is 5.75 Å². The Morgan fingerprint density at radius 3 is 2.50 bits per heavy atom. The molecular weight excluding hydrogens is 230 g/mol. The van der Waals surface area contributed by atoms with Crippen molar-refractivity contribution in [2.75, 3.05) is 20.3 Å². The van der Waals surface area contributed by atoms with Gasteiger partial charge in [-0.05, 0) is 30.7 Å². The Hall–Kier alpha value is -1.11. The summed E-state index contributed by atoms with van der Waals surface area (Å²) in [4.78, 5) is 0.0871. The van der Waals surface area contributed by atoms with Gasteiger partial charge < -0.3 is 9.47 Å². The average Bonchev–Trinajstić information content (AvgIpc) is 2.19. The molecule has 1 aromatic carbocycles. The number of methoxy groups -OCH3 is 1. The lowest BCUT2D eigenvalue weighted by Crippen LogP contribution is -2.12. The van der Waals surface area contributed by atoms with Crippen LogP contribution >= 0.6 is 0 Å². The number of rotatable bonds is 5. The molecule has 0 fully saturated rings. The van der Waals surface area contributed by atoms with E-state index >= 15 is 0 Å². The normalized spacial score (nSPS) is 11.4. The van der Waals surface area contributed by atoms with Gasteiger partial charge in [0.25, 0.3) is 0 Å². The topological polar surface area (TPSA) is 78.6 Å². The van der Waals surface area contributed by atoms with Crippen molar-refractivity contribution in [3.05, 3.63) is 23.8 Å². The van der Waals surface area contributed by atoms with Crippen LogP contribution in [0, 0.1) is 6.92 Å². The fourth-order valence-electron chi connectivity index (χ4n) is 1.20. The predicted octanol–water partition coefficient (Wildman–Crippen LogP) is 0.668. The van der Waals surface area contributed by atoms with Gasteiger partial charge in [0, 0.05) is 7.11 Å². The Morgan fingerprint density at radius 2 is 2.00 bits per heavy atom. The smallest absolute Gasteiger partial charge is 0.238 e. The van der Waals surface area contributed by atoms with Crippen LogP contribution in [-0.2, 0) is 14.8 Å². The molecule has 2 N–H and O–H groups in total. The Labute approximate surface area is 95.2 Å². The lowest BCUT2D eigenvalue weighted by molar-refractivity contribution is 0.146. The summed E-state index contributed by atoms with van der Waals surface area (Å²) in [5, 5.41) is 5.01. The largest absolute Gasteiger partial charge is 0.491 e. The van der Waals surface area contributed by atoms with E-state index in [0.29, 0.717) is 19.0 Å². The zero-order chi connectivity index (χ0) is 12.2. The number of hydrogen-bond donors (Lipinski definition) is 1. The van der Waals surface area contributed by atoms with E-state index < -0.39 is 10.0 Å². The molecule has 6 heteroatoms. The molecule has 0 bridgehead atoms. The molecular formula is C10H15NO4S. The minimum Gasteiger partial charge on any atom is -0.491 e. The van der Waals surface area contributed by atoms with Crippen LogP contribution in [-0.4, -0.2) is 28.7 Å². The van der Waals surface area contributed by atoms with E-state index in [2.05, 4.69) is 0 Å². The molecule has 0 saturated heterocycles. The molecule has 0 atom stereocenters. The molecule has 0 aliphatic carbocycles. The van der Waals surface area contributed by atoms with Crippen LogP contribution < -0.4 is 9.88 Å². The first-order valence-electron chi connectivity index (χ1n) is 4.70. The van der Waals surface area contributed by atoms with Crippen molar-refractivity contribution in [1.82, 2.24) is 0 Å². The number of hydrogen-bond acceptors (Lipinski definition) is 4. The van der Waals surface area contributed by atoms with E-state index in [1.807, 2.05) is 0 Å². The van der Waals surface area contributed by atoms with Crippen LogP contribution in [0.25, 0.3) is 0 Å². The lowest BCUT2D eigenvalue weighted by Gasteiger charge is -2.09. The molecule has 0 heterocycles. The van der Waals surface area contributed by atoms with Crippen molar-refractivity contribution >= 4 is 10.0 Å². The second-order valence-electron chi connectivity index (χ2n) is 3.31. The molecule has 0 aromatic heterocycles. The summed E-state index contributed by atoms with van der Waals surface area (Å²) in [5.74, 6) is 0.629. The zero-order valence-corrected chi connectivity index (χ0v) is 10.1. The molecule has 0 amide bonds. The van der Waals surface area contributed by atoms with Crippen LogP contribution in [0.1, 0.15) is 5.56 Å². The second-order valence-corrected chi connectivity index (χ2v) is 4.87. The molecule has 90 valence electrons. The Morgan fingerprint density at radius 1 is 1.31 bits per heavy atom. The number of aryl methyl sites for hydroxylation is 1. The number of sulfonamides is 1. The minimum absolute atomic E-state index is 0.0871. The highest BCUT2D eigenvalue weighted by molar-refractivity contribution is 7.89. The highest BCUT2D eigenvalue weighted by atomic mass is 32.2. The SMILES string of the molecule is COCCOc1ccc(S(N)(=O)=O)cc1C. The molecule has 16 heavy (non-hydrogen) atoms. The van der Waals surface area contributed by atoms with Crippen molar-refractivity contribution in [2.45, 2.75) is 11.8 Å². The summed E-state index contributed by atoms with van der Waals surface area (Å²) in [6, 6.07) is 4.49. The molecule has 0 spiro atoms. The van der Waals surface area contributed by atoms with Crippen molar-refractivity contribution in [1.29, 1.82) is 0 Å². The third-order valence-corrected chi connectivity index (χ3v) is 2.93. The van der Waals surface area contributed by atoms with E-state index in [0.717, 1.165) is 5.56 Å². The highest BCUT2D eigenvalue weighted by Crippen LogP contribution is 2.20. The van der Waals surface area contributed by atoms with Gasteiger partial charge in [-0.3, -0.25) is 0 Å². The number of primary sulfonamides is 1. The Kier molecular flexibility index (Phi) is 4.28. The van der Waals surface area contributed by atoms with Gasteiger partial charge in [0.05, 0.1) is 11.5 Å². The second kappa shape index (κ2) is 5.29. The van der Waals surface area contributed by atoms with Crippen molar-refractivity contribution < 1.29 is 17.9 Å². The fraction of sp³-hybridized carbons (Fsp3) is 0.400. The van der Waals surface area contributed by atoms with Crippen LogP contribution in [0.4, 0.5) is 0 Å². The fourth-order valence-corrected chi connectivity index (χ4v) is 1.79. The summed E-state index contributed by atoms with van der Waals surface area (Å²) < 4.78 is 32.4. The van der Waals surface area contributed by atoms with E-state index in [-0.39, 0.29) is 4.90 Å². The summed E-state index contributed by atoms with van der Waals surface area (Å²) in [5.41, 5.74) is 0.725. The van der Waals surface area contributed by atoms with Crippen LogP contribution in [0.2, 0.25) is 0 Å². The average molecular weight is 245 g/mol. The van der Waals surface area contributed by atoms with Gasteiger partial charge in [-0.2, -0.15) is 0 Å². The number of benzene rings is 1. The predicted molar refractivity (Wildman–Crippen MR) is 59.9 cm³/mol. The molecule has 0 unspecified atom stereocenters. The van der Waals surface area contributed by atoms with Crippen LogP contribution in [0.3, 0.4) is 0 Å². The zero-order valence-electron chi connectivity index (χ0n) is 9.26. The molecule has 1 rings (SSSR count). The standard InChI is InChI=1S/C10H15NO4S/c1-8-7-9(16(11,12)13)3-4-10(8)15-6-5-14-2/h3-4,7H,5-6H2,1-2H3,(H2,11,12,13). The van der Waals surface area contributed by atoms with Crippen LogP contribution in [0.15, 0.2) is 23.1 Å². The molecule has 0 aliphatic heterocycles. The minimum atomic E-state index is -3.65. The summed E-state index contributed by atoms with van der Waals surface area (Å²) >= 11 is 0. The van der Waals surface area contributed by atoms with Gasteiger partial charge >= 0.3 is 0 Å². The van der Waals surface area contributed by atoms with Gasteiger partial charge in [-0.25, -0.2) is 13.6 Å². The van der Waals surface area contributed by atoms with E-state index in [9.17, 15) is 8.42 Å². The quantitative estimate of drug-likeness (QED) is 0.773. The van der Waals surface area contributed by atoms with Gasteiger partial charge in [0.2, 0.25) is 10.0 Å². The van der Waals surface area contributed by atoms with E-state index in [4.69, 9.17) is 14.6 Å². The third kappa shape index (κ3) is 3.48. The van der Waals surface area contributed by atoms with E-state index in [1.54, 1.807) is 20.1 Å². The lowest BCUT2D eigenvalue weighted by atomic mass is 10.2. The van der Waals surface area contributed by atoms with Crippen molar-refractivity contribution in [3.8, 4) is 5.75 Å². The number of nitrogens with two attached hydrogens (primary N) is 1. The maximum absolute atomic E-state index is 11.1. The summed E-state index contributed by atoms with van der Waals surface area (Å²) in [7, 11) is -2.06. The van der Waals surface area contributed by atoms with Crippen molar-refractivity contribution in [3.63, 3.8) is 0 Å². The Bertz CT molecular complexity index is 456. The Balaban J connectivity index is 2.84. The molecule has 5 nitrogen and oxygen atoms in total. The van der Waals surface area contributed by atoms with Gasteiger partial charge in [0.15, 0.2) is 0 Å². The molecule has 0 saturated carbocycles. The highest BCUT2D eigenvalue weighted by Gasteiger charge is 2.09. The van der Waals surface area contributed by atoms with Gasteiger partial charge in [-0.1, -0.05) is 0 Å². The summed E-state index contributed by atoms with van der Waals surface area (Å²) in [6.07, 6.45) is 0.